The number of thioether (sulfide) groups is 1. The number of carboxylic acid groups (broad SMARTS) is 1. The van der Waals surface area contributed by atoms with Gasteiger partial charge >= 0.3 is 5.97 Å². The van der Waals surface area contributed by atoms with E-state index in [0.29, 0.717) is 51.6 Å². The summed E-state index contributed by atoms with van der Waals surface area (Å²) in [6.45, 7) is 11.2. The molecule has 15 amide bonds. The molecule has 4 heterocycles. The molecule has 3 saturated heterocycles. The van der Waals surface area contributed by atoms with Crippen molar-refractivity contribution in [3.8, 4) is 11.5 Å². The molecule has 6 aromatic rings. The minimum Gasteiger partial charge on any atom is -0.508 e. The fourth-order valence-corrected chi connectivity index (χ4v) is 17.5. The van der Waals surface area contributed by atoms with E-state index in [4.69, 9.17) is 5.73 Å². The number of nitrogens with zero attached hydrogens (tertiary/aromatic N) is 5. The number of phenolic OH excluding ortho intramolecular Hbond substituents is 2. The van der Waals surface area contributed by atoms with E-state index in [0.717, 1.165) is 33.7 Å². The van der Waals surface area contributed by atoms with Gasteiger partial charge in [0.1, 0.15) is 95.9 Å². The van der Waals surface area contributed by atoms with Crippen LogP contribution in [0.15, 0.2) is 134 Å². The molecule has 9 rings (SSSR count). The van der Waals surface area contributed by atoms with Crippen LogP contribution in [0.4, 0.5) is 4.39 Å². The molecule has 5 aromatic carbocycles. The number of likely N-dealkylation sites (N-methyl/N-ethyl adjacent to an activating group) is 3. The van der Waals surface area contributed by atoms with Gasteiger partial charge in [0.25, 0.3) is 0 Å². The first-order chi connectivity index (χ1) is 62.3. The van der Waals surface area contributed by atoms with Crippen molar-refractivity contribution in [1.82, 2.24) is 77.3 Å². The number of fused-ring (bicyclic) bond motifs is 3. The van der Waals surface area contributed by atoms with Crippen molar-refractivity contribution < 1.29 is 96.4 Å². The second-order valence-electron chi connectivity index (χ2n) is 34.7. The van der Waals surface area contributed by atoms with Gasteiger partial charge in [0.2, 0.25) is 88.6 Å². The molecule has 14 atom stereocenters. The number of halogens is 1. The number of carbonyl (C=O) groups is 16. The third kappa shape index (κ3) is 28.3. The quantitative estimate of drug-likeness (QED) is 0.0437. The lowest BCUT2D eigenvalue weighted by atomic mass is 9.94. The highest BCUT2D eigenvalue weighted by Gasteiger charge is 2.47. The molecule has 35 nitrogen and oxygen atoms in total. The van der Waals surface area contributed by atoms with E-state index < -0.39 is 215 Å². The first-order valence-electron chi connectivity index (χ1n) is 44.4. The van der Waals surface area contributed by atoms with Crippen molar-refractivity contribution in [3.63, 3.8) is 0 Å². The Morgan fingerprint density at radius 1 is 0.519 bits per heavy atom. The molecular weight excluding hydrogens is 1710 g/mol. The molecule has 131 heavy (non-hydrogen) atoms. The number of nitrogens with one attached hydrogen (secondary N) is 10. The largest absolute Gasteiger partial charge is 0.508 e. The van der Waals surface area contributed by atoms with Gasteiger partial charge in [-0.3, -0.25) is 76.7 Å². The van der Waals surface area contributed by atoms with Crippen molar-refractivity contribution in [2.75, 3.05) is 52.3 Å². The van der Waals surface area contributed by atoms with Crippen molar-refractivity contribution in [3.05, 3.63) is 167 Å². The van der Waals surface area contributed by atoms with Crippen molar-refractivity contribution >= 4 is 117 Å². The van der Waals surface area contributed by atoms with Crippen LogP contribution >= 0.6 is 11.8 Å². The number of aromatic amines is 1. The van der Waals surface area contributed by atoms with E-state index in [2.05, 4.69) is 52.8 Å². The molecule has 3 fully saturated rings. The summed E-state index contributed by atoms with van der Waals surface area (Å²) in [5.41, 5.74) is 8.42. The Morgan fingerprint density at radius 2 is 1.02 bits per heavy atom. The van der Waals surface area contributed by atoms with Gasteiger partial charge < -0.3 is 98.4 Å². The molecule has 1 unspecified atom stereocenters. The van der Waals surface area contributed by atoms with Crippen LogP contribution in [-0.4, -0.2) is 270 Å². The number of hydrogen-bond acceptors (Lipinski definition) is 19. The molecule has 706 valence electrons. The fraction of sp³-hybridized carbons (Fsp3) is 0.489. The van der Waals surface area contributed by atoms with E-state index in [-0.39, 0.29) is 108 Å². The van der Waals surface area contributed by atoms with Crippen molar-refractivity contribution in [1.29, 1.82) is 0 Å². The number of phenols is 2. The Morgan fingerprint density at radius 3 is 1.58 bits per heavy atom. The zero-order valence-electron chi connectivity index (χ0n) is 75.6. The summed E-state index contributed by atoms with van der Waals surface area (Å²) >= 11 is 0.794. The highest BCUT2D eigenvalue weighted by Crippen LogP contribution is 2.29. The zero-order chi connectivity index (χ0) is 95.6. The molecule has 1 aromatic heterocycles. The molecule has 3 aliphatic rings. The lowest BCUT2D eigenvalue weighted by Gasteiger charge is -2.38. The Labute approximate surface area is 765 Å². The van der Waals surface area contributed by atoms with Crippen LogP contribution in [0.5, 0.6) is 11.5 Å². The molecule has 0 bridgehead atoms. The molecule has 0 spiro atoms. The van der Waals surface area contributed by atoms with Gasteiger partial charge in [-0.05, 0) is 127 Å². The number of carbonyl (C=O) groups excluding carboxylic acids is 15. The lowest BCUT2D eigenvalue weighted by Crippen LogP contribution is -2.62. The predicted molar refractivity (Wildman–Crippen MR) is 486 cm³/mol. The van der Waals surface area contributed by atoms with Crippen molar-refractivity contribution in [2.24, 2.45) is 23.5 Å². The molecule has 3 aliphatic heterocycles. The third-order valence-corrected chi connectivity index (χ3v) is 25.1. The standard InChI is InChI=1S/C94H123FN16O19S/c1-11-13-25-75-93(129)111-41-20-27-74(111)88(124)103-69(48-79(116)117)86(122)106-80(54(5)6)94(130)109(10)81(55(7)12-2)89(125)104-71(45-59-32-38-63(113)39-33-59)91(127)110-40-19-26-73(110)87(123)102-68(47-60-49-97-65-24-18-17-23-64(60)65)85(121)101-67(43-58-30-36-62(112)37-31-58)84(120)100-66(42-53(3)4)83(119)105-72(82(118)98-50-77(96)114)51-131-52-78(115)99-70(44-57-28-34-61(95)35-29-57)90(126)108(9)76(92(128)107(75)8)46-56-21-15-14-16-22-56/h14-18,21-24,28-39,49,53-55,66-76,80-81,97,112-113H,11-13,19-20,25-27,40-48,50-52H2,1-10H3,(H2,96,114)(H,98,118)(H,99,115)(H,100,120)(H,101,121)(H,102,123)(H,103,124)(H,104,125)(H,105,119)(H,106,122)(H,116,117)/t55?,66-,67-,68-,69-,70-,71-,72-,73+,74+,75-,76-,80-,81-/m0/s1. The molecule has 0 saturated carbocycles. The Bertz CT molecular complexity index is 5040. The van der Waals surface area contributed by atoms with Crippen LogP contribution in [0.1, 0.15) is 140 Å². The SMILES string of the molecule is CCCC[C@H]1C(=O)N2CCC[C@@H]2C(=O)N[C@@H](CC(=O)O)C(=O)N[C@@H](C(C)C)C(=O)N(C)[C@@H](C(C)CC)C(=O)N[C@@H](Cc2ccc(O)cc2)C(=O)N2CCC[C@@H]2C(=O)N[C@@H](Cc2c[nH]c3ccccc23)C(=O)N[C@@H](Cc2ccc(O)cc2)C(=O)N[C@@H](CC(C)C)C(=O)N[C@H](C(=O)NCC(N)=O)CSCC(=O)N[C@@H](Cc2ccc(F)cc2)C(=O)N(C)[C@@H](Cc2ccccc2)C(=O)N1C. The normalized spacial score (nSPS) is 24.0. The summed E-state index contributed by atoms with van der Waals surface area (Å²) in [6.07, 6.45) is 0.973. The van der Waals surface area contributed by atoms with Gasteiger partial charge in [0, 0.05) is 89.2 Å². The number of carboxylic acids is 1. The lowest BCUT2D eigenvalue weighted by molar-refractivity contribution is -0.152. The van der Waals surface area contributed by atoms with Gasteiger partial charge in [-0.2, -0.15) is 0 Å². The zero-order valence-corrected chi connectivity index (χ0v) is 76.4. The van der Waals surface area contributed by atoms with Crippen molar-refractivity contribution in [2.45, 2.75) is 223 Å². The average Bonchev–Trinajstić information content (AvgIpc) is 1.77. The summed E-state index contributed by atoms with van der Waals surface area (Å²) in [5, 5.41) is 56.2. The minimum absolute atomic E-state index is 0.0132. The number of hydrogen-bond donors (Lipinski definition) is 14. The summed E-state index contributed by atoms with van der Waals surface area (Å²) in [6, 6.07) is 12.7. The number of nitrogens with two attached hydrogens (primary N) is 1. The highest BCUT2D eigenvalue weighted by atomic mass is 32.2. The van der Waals surface area contributed by atoms with E-state index in [1.54, 1.807) is 102 Å². The number of aromatic nitrogens is 1. The minimum atomic E-state index is -1.89. The maximum absolute atomic E-state index is 15.7. The van der Waals surface area contributed by atoms with Crippen LogP contribution in [0.2, 0.25) is 0 Å². The maximum Gasteiger partial charge on any atom is 0.305 e. The number of aliphatic carboxylic acids is 1. The first-order valence-corrected chi connectivity index (χ1v) is 45.6. The summed E-state index contributed by atoms with van der Waals surface area (Å²) in [4.78, 5) is 247. The average molecular weight is 1830 g/mol. The fourth-order valence-electron chi connectivity index (χ4n) is 16.7. The van der Waals surface area contributed by atoms with Gasteiger partial charge in [-0.1, -0.05) is 153 Å². The molecule has 37 heteroatoms. The number of aromatic hydroxyl groups is 2. The number of H-pyrrole nitrogens is 1. The monoisotopic (exact) mass is 1830 g/mol. The van der Waals surface area contributed by atoms with Gasteiger partial charge in [0.15, 0.2) is 0 Å². The molecule has 15 N–H and O–H groups in total. The Kier molecular flexibility index (Phi) is 37.4. The predicted octanol–water partition coefficient (Wildman–Crippen LogP) is 3.33. The number of unbranched alkanes of at least 4 members (excludes halogenated alkanes) is 1. The van der Waals surface area contributed by atoms with Crippen LogP contribution in [0.25, 0.3) is 10.9 Å². The van der Waals surface area contributed by atoms with E-state index in [1.807, 2.05) is 6.92 Å². The second-order valence-corrected chi connectivity index (χ2v) is 35.7. The molecular formula is C94H123FN16O19S. The first kappa shape index (κ1) is 102. The van der Waals surface area contributed by atoms with Crippen LogP contribution in [0.3, 0.4) is 0 Å². The number of primary amides is 1. The van der Waals surface area contributed by atoms with Crippen LogP contribution in [0, 0.1) is 23.6 Å². The topological polar surface area (TPSA) is 500 Å². The molecule has 0 radical (unpaired) electrons. The Balaban J connectivity index is 1.13. The van der Waals surface area contributed by atoms with Crippen LogP contribution in [-0.2, 0) is 109 Å². The number of benzene rings is 5. The number of rotatable bonds is 23. The number of para-hydroxylation sites is 1. The summed E-state index contributed by atoms with van der Waals surface area (Å²) < 4.78 is 14.6. The van der Waals surface area contributed by atoms with E-state index >= 15 is 47.9 Å². The second kappa shape index (κ2) is 48.1. The highest BCUT2D eigenvalue weighted by molar-refractivity contribution is 8.00. The molecule has 0 aliphatic carbocycles. The van der Waals surface area contributed by atoms with Gasteiger partial charge in [-0.25, -0.2) is 4.39 Å². The van der Waals surface area contributed by atoms with Gasteiger partial charge in [0.05, 0.1) is 18.7 Å². The van der Waals surface area contributed by atoms with E-state index in [9.17, 15) is 48.5 Å². The summed E-state index contributed by atoms with van der Waals surface area (Å²) in [5.74, 6) is -18.5. The maximum atomic E-state index is 15.7. The Hall–Kier alpha value is -13.0. The van der Waals surface area contributed by atoms with Gasteiger partial charge in [-0.15, -0.1) is 11.8 Å². The summed E-state index contributed by atoms with van der Waals surface area (Å²) in [7, 11) is 4.03. The van der Waals surface area contributed by atoms with E-state index in [1.165, 1.54) is 96.5 Å². The number of amides is 15. The smallest absolute Gasteiger partial charge is 0.305 e. The van der Waals surface area contributed by atoms with Crippen LogP contribution < -0.4 is 53.6 Å². The third-order valence-electron chi connectivity index (χ3n) is 24.1.